The van der Waals surface area contributed by atoms with Crippen molar-refractivity contribution in [2.45, 2.75) is 32.9 Å². The van der Waals surface area contributed by atoms with Gasteiger partial charge in [0.2, 0.25) is 0 Å². The molecule has 0 aliphatic rings. The zero-order chi connectivity index (χ0) is 12.3. The molecule has 88 valence electrons. The second-order valence-electron chi connectivity index (χ2n) is 4.59. The van der Waals surface area contributed by atoms with Crippen molar-refractivity contribution in [3.63, 3.8) is 0 Å². The SMILES string of the molecule is Cc1cncc(CN(C)C(C)(C)C(=O)O)c1. The zero-order valence-electron chi connectivity index (χ0n) is 10.2. The predicted molar refractivity (Wildman–Crippen MR) is 62.2 cm³/mol. The number of hydrogen-bond donors (Lipinski definition) is 1. The second-order valence-corrected chi connectivity index (χ2v) is 4.59. The van der Waals surface area contributed by atoms with E-state index in [-0.39, 0.29) is 0 Å². The molecule has 0 aromatic carbocycles. The third-order valence-electron chi connectivity index (χ3n) is 2.83. The molecule has 0 aliphatic heterocycles. The van der Waals surface area contributed by atoms with Gasteiger partial charge in [-0.2, -0.15) is 0 Å². The first-order chi connectivity index (χ1) is 7.34. The van der Waals surface area contributed by atoms with E-state index in [1.54, 1.807) is 38.2 Å². The molecular formula is C12H18N2O2. The summed E-state index contributed by atoms with van der Waals surface area (Å²) < 4.78 is 0. The molecule has 0 spiro atoms. The lowest BCUT2D eigenvalue weighted by atomic mass is 10.0. The lowest BCUT2D eigenvalue weighted by molar-refractivity contribution is -0.148. The van der Waals surface area contributed by atoms with Crippen LogP contribution in [-0.4, -0.2) is 33.5 Å². The normalized spacial score (nSPS) is 11.8. The number of carboxylic acid groups (broad SMARTS) is 1. The van der Waals surface area contributed by atoms with Crippen LogP contribution in [0.3, 0.4) is 0 Å². The Labute approximate surface area is 95.9 Å². The van der Waals surface area contributed by atoms with Crippen molar-refractivity contribution in [1.29, 1.82) is 0 Å². The average molecular weight is 222 g/mol. The summed E-state index contributed by atoms with van der Waals surface area (Å²) in [6.45, 7) is 5.93. The van der Waals surface area contributed by atoms with Gasteiger partial charge in [0.1, 0.15) is 5.54 Å². The Bertz CT molecular complexity index is 388. The molecule has 1 N–H and O–H groups in total. The van der Waals surface area contributed by atoms with Crippen molar-refractivity contribution in [3.05, 3.63) is 29.6 Å². The van der Waals surface area contributed by atoms with Gasteiger partial charge in [0.25, 0.3) is 0 Å². The van der Waals surface area contributed by atoms with Crippen LogP contribution in [0.25, 0.3) is 0 Å². The Hall–Kier alpha value is -1.42. The van der Waals surface area contributed by atoms with E-state index in [4.69, 9.17) is 5.11 Å². The van der Waals surface area contributed by atoms with Gasteiger partial charge in [-0.1, -0.05) is 6.07 Å². The van der Waals surface area contributed by atoms with E-state index < -0.39 is 11.5 Å². The van der Waals surface area contributed by atoms with Crippen molar-refractivity contribution in [2.24, 2.45) is 0 Å². The predicted octanol–water partition coefficient (Wildman–Crippen LogP) is 1.69. The van der Waals surface area contributed by atoms with E-state index in [0.717, 1.165) is 11.1 Å². The van der Waals surface area contributed by atoms with Crippen molar-refractivity contribution >= 4 is 5.97 Å². The number of carboxylic acids is 1. The number of aliphatic carboxylic acids is 1. The van der Waals surface area contributed by atoms with Crippen molar-refractivity contribution in [2.75, 3.05) is 7.05 Å². The maximum atomic E-state index is 11.1. The van der Waals surface area contributed by atoms with Gasteiger partial charge < -0.3 is 5.11 Å². The number of likely N-dealkylation sites (N-methyl/N-ethyl adjacent to an activating group) is 1. The minimum atomic E-state index is -0.871. The van der Waals surface area contributed by atoms with Crippen molar-refractivity contribution in [1.82, 2.24) is 9.88 Å². The van der Waals surface area contributed by atoms with Gasteiger partial charge in [-0.3, -0.25) is 14.7 Å². The summed E-state index contributed by atoms with van der Waals surface area (Å²) in [7, 11) is 1.80. The number of rotatable bonds is 4. The Morgan fingerprint density at radius 1 is 1.50 bits per heavy atom. The Morgan fingerprint density at radius 2 is 2.12 bits per heavy atom. The summed E-state index contributed by atoms with van der Waals surface area (Å²) in [5, 5.41) is 9.09. The van der Waals surface area contributed by atoms with Gasteiger partial charge in [-0.25, -0.2) is 0 Å². The molecule has 0 amide bonds. The van der Waals surface area contributed by atoms with Gasteiger partial charge in [-0.15, -0.1) is 0 Å². The van der Waals surface area contributed by atoms with E-state index in [1.165, 1.54) is 0 Å². The summed E-state index contributed by atoms with van der Waals surface area (Å²) in [5.41, 5.74) is 1.24. The molecule has 0 fully saturated rings. The van der Waals surface area contributed by atoms with Crippen molar-refractivity contribution < 1.29 is 9.90 Å². The highest BCUT2D eigenvalue weighted by Gasteiger charge is 2.31. The van der Waals surface area contributed by atoms with E-state index >= 15 is 0 Å². The number of pyridine rings is 1. The Morgan fingerprint density at radius 3 is 2.62 bits per heavy atom. The van der Waals surface area contributed by atoms with E-state index in [0.29, 0.717) is 6.54 Å². The summed E-state index contributed by atoms with van der Waals surface area (Å²) in [6, 6.07) is 2.02. The number of carbonyl (C=O) groups is 1. The number of aryl methyl sites for hydroxylation is 1. The lowest BCUT2D eigenvalue weighted by Gasteiger charge is -2.31. The minimum Gasteiger partial charge on any atom is -0.480 e. The Kier molecular flexibility index (Phi) is 3.65. The van der Waals surface area contributed by atoms with Crippen LogP contribution in [0.1, 0.15) is 25.0 Å². The van der Waals surface area contributed by atoms with Gasteiger partial charge in [0.15, 0.2) is 0 Å². The molecule has 4 heteroatoms. The molecule has 1 aromatic heterocycles. The molecule has 0 saturated carbocycles. The average Bonchev–Trinajstić information content (AvgIpc) is 2.17. The molecule has 1 rings (SSSR count). The molecule has 0 aliphatic carbocycles. The fourth-order valence-electron chi connectivity index (χ4n) is 1.34. The Balaban J connectivity index is 2.79. The van der Waals surface area contributed by atoms with Crippen molar-refractivity contribution in [3.8, 4) is 0 Å². The third-order valence-corrected chi connectivity index (χ3v) is 2.83. The molecule has 0 bridgehead atoms. The largest absolute Gasteiger partial charge is 0.480 e. The van der Waals surface area contributed by atoms with E-state index in [2.05, 4.69) is 4.98 Å². The summed E-state index contributed by atoms with van der Waals surface area (Å²) >= 11 is 0. The first-order valence-corrected chi connectivity index (χ1v) is 5.19. The van der Waals surface area contributed by atoms with Gasteiger partial charge in [0.05, 0.1) is 0 Å². The van der Waals surface area contributed by atoms with Crippen LogP contribution in [0.5, 0.6) is 0 Å². The lowest BCUT2D eigenvalue weighted by Crippen LogP contribution is -2.47. The molecule has 0 atom stereocenters. The zero-order valence-corrected chi connectivity index (χ0v) is 10.2. The molecular weight excluding hydrogens is 204 g/mol. The standard InChI is InChI=1S/C12H18N2O2/c1-9-5-10(7-13-6-9)8-14(4)12(2,3)11(15)16/h5-7H,8H2,1-4H3,(H,15,16). The summed E-state index contributed by atoms with van der Waals surface area (Å²) in [5.74, 6) is -0.824. The smallest absolute Gasteiger partial charge is 0.323 e. The summed E-state index contributed by atoms with van der Waals surface area (Å²) in [6.07, 6.45) is 3.55. The van der Waals surface area contributed by atoms with Crippen LogP contribution in [0.2, 0.25) is 0 Å². The van der Waals surface area contributed by atoms with E-state index in [1.807, 2.05) is 13.0 Å². The van der Waals surface area contributed by atoms with Crippen LogP contribution in [-0.2, 0) is 11.3 Å². The van der Waals surface area contributed by atoms with Gasteiger partial charge in [0, 0.05) is 18.9 Å². The van der Waals surface area contributed by atoms with E-state index in [9.17, 15) is 4.79 Å². The first-order valence-electron chi connectivity index (χ1n) is 5.19. The molecule has 1 heterocycles. The molecule has 0 unspecified atom stereocenters. The molecule has 1 aromatic rings. The highest BCUT2D eigenvalue weighted by molar-refractivity contribution is 5.77. The highest BCUT2D eigenvalue weighted by Crippen LogP contribution is 2.16. The van der Waals surface area contributed by atoms with Crippen LogP contribution in [0.4, 0.5) is 0 Å². The van der Waals surface area contributed by atoms with Gasteiger partial charge in [-0.05, 0) is 38.9 Å². The quantitative estimate of drug-likeness (QED) is 0.842. The van der Waals surface area contributed by atoms with Crippen LogP contribution in [0.15, 0.2) is 18.5 Å². The van der Waals surface area contributed by atoms with Crippen LogP contribution < -0.4 is 0 Å². The molecule has 0 radical (unpaired) electrons. The topological polar surface area (TPSA) is 53.4 Å². The third kappa shape index (κ3) is 2.79. The maximum Gasteiger partial charge on any atom is 0.323 e. The second kappa shape index (κ2) is 4.61. The number of nitrogens with zero attached hydrogens (tertiary/aromatic N) is 2. The first kappa shape index (κ1) is 12.6. The van der Waals surface area contributed by atoms with Crippen LogP contribution in [0, 0.1) is 6.92 Å². The highest BCUT2D eigenvalue weighted by atomic mass is 16.4. The molecule has 0 saturated heterocycles. The fraction of sp³-hybridized carbons (Fsp3) is 0.500. The maximum absolute atomic E-state index is 11.1. The number of hydrogen-bond acceptors (Lipinski definition) is 3. The summed E-state index contributed by atoms with van der Waals surface area (Å²) in [4.78, 5) is 16.9. The monoisotopic (exact) mass is 222 g/mol. The van der Waals surface area contributed by atoms with Crippen LogP contribution >= 0.6 is 0 Å². The molecule has 4 nitrogen and oxygen atoms in total. The molecule has 16 heavy (non-hydrogen) atoms. The fourth-order valence-corrected chi connectivity index (χ4v) is 1.34. The number of aromatic nitrogens is 1. The van der Waals surface area contributed by atoms with Gasteiger partial charge >= 0.3 is 5.97 Å². The minimum absolute atomic E-state index is 0.577.